The normalized spacial score (nSPS) is 13.6. The lowest BCUT2D eigenvalue weighted by Gasteiger charge is -2.29. The molecule has 2 aromatic carbocycles. The molecule has 3 rings (SSSR count). The fraction of sp³-hybridized carbons (Fsp3) is 0.188. The van der Waals surface area contributed by atoms with Crippen LogP contribution in [-0.2, 0) is 5.88 Å². The Morgan fingerprint density at radius 1 is 1.15 bits per heavy atom. The lowest BCUT2D eigenvalue weighted by Crippen LogP contribution is -2.37. The maximum absolute atomic E-state index is 12.6. The van der Waals surface area contributed by atoms with E-state index >= 15 is 0 Å². The van der Waals surface area contributed by atoms with Crippen molar-refractivity contribution in [1.29, 1.82) is 0 Å². The van der Waals surface area contributed by atoms with Gasteiger partial charge in [-0.15, -0.1) is 11.6 Å². The van der Waals surface area contributed by atoms with Gasteiger partial charge in [0.05, 0.1) is 12.2 Å². The first-order valence-corrected chi connectivity index (χ1v) is 7.01. The molecule has 0 aliphatic carbocycles. The lowest BCUT2D eigenvalue weighted by molar-refractivity contribution is 0.0976. The molecule has 102 valence electrons. The summed E-state index contributed by atoms with van der Waals surface area (Å²) in [5.41, 5.74) is 2.49. The first-order valence-electron chi connectivity index (χ1n) is 6.48. The average Bonchev–Trinajstić information content (AvgIpc) is 2.54. The molecule has 1 aliphatic rings. The van der Waals surface area contributed by atoms with Crippen molar-refractivity contribution < 1.29 is 9.53 Å². The van der Waals surface area contributed by atoms with Crippen molar-refractivity contribution in [2.24, 2.45) is 0 Å². The van der Waals surface area contributed by atoms with Crippen molar-refractivity contribution >= 4 is 23.2 Å². The van der Waals surface area contributed by atoms with Gasteiger partial charge in [0.1, 0.15) is 12.4 Å². The first-order chi connectivity index (χ1) is 9.79. The van der Waals surface area contributed by atoms with Gasteiger partial charge in [0.15, 0.2) is 0 Å². The van der Waals surface area contributed by atoms with Gasteiger partial charge in [0, 0.05) is 11.4 Å². The molecule has 0 spiro atoms. The molecule has 0 N–H and O–H groups in total. The van der Waals surface area contributed by atoms with Crippen LogP contribution in [0.1, 0.15) is 15.9 Å². The SMILES string of the molecule is O=C(c1ccc(CCl)cc1)N1CCOc2ccccc21. The number of alkyl halides is 1. The van der Waals surface area contributed by atoms with Gasteiger partial charge in [-0.2, -0.15) is 0 Å². The van der Waals surface area contributed by atoms with Gasteiger partial charge >= 0.3 is 0 Å². The summed E-state index contributed by atoms with van der Waals surface area (Å²) in [4.78, 5) is 14.4. The number of benzene rings is 2. The number of nitrogens with zero attached hydrogens (tertiary/aromatic N) is 1. The zero-order chi connectivity index (χ0) is 13.9. The number of anilines is 1. The molecule has 0 bridgehead atoms. The number of ether oxygens (including phenoxy) is 1. The van der Waals surface area contributed by atoms with Gasteiger partial charge in [-0.25, -0.2) is 0 Å². The number of fused-ring (bicyclic) bond motifs is 1. The van der Waals surface area contributed by atoms with E-state index in [9.17, 15) is 4.79 Å². The fourth-order valence-electron chi connectivity index (χ4n) is 2.27. The smallest absolute Gasteiger partial charge is 0.258 e. The van der Waals surface area contributed by atoms with Crippen LogP contribution in [0.2, 0.25) is 0 Å². The van der Waals surface area contributed by atoms with Gasteiger partial charge < -0.3 is 9.64 Å². The summed E-state index contributed by atoms with van der Waals surface area (Å²) in [6.45, 7) is 1.08. The molecule has 0 saturated carbocycles. The standard InChI is InChI=1S/C16H14ClNO2/c17-11-12-5-7-13(8-6-12)16(19)18-9-10-20-15-4-2-1-3-14(15)18/h1-8H,9-11H2. The average molecular weight is 288 g/mol. The third kappa shape index (κ3) is 2.37. The minimum absolute atomic E-state index is 0.0122. The molecule has 1 heterocycles. The highest BCUT2D eigenvalue weighted by Crippen LogP contribution is 2.31. The summed E-state index contributed by atoms with van der Waals surface area (Å²) < 4.78 is 5.56. The Morgan fingerprint density at radius 3 is 2.65 bits per heavy atom. The predicted molar refractivity (Wildman–Crippen MR) is 79.6 cm³/mol. The van der Waals surface area contributed by atoms with E-state index in [0.717, 1.165) is 17.0 Å². The van der Waals surface area contributed by atoms with E-state index < -0.39 is 0 Å². The zero-order valence-corrected chi connectivity index (χ0v) is 11.6. The molecule has 0 aromatic heterocycles. The molecule has 0 unspecified atom stereocenters. The molecular weight excluding hydrogens is 274 g/mol. The van der Waals surface area contributed by atoms with Crippen LogP contribution < -0.4 is 9.64 Å². The Labute approximate surface area is 122 Å². The van der Waals surface area contributed by atoms with Crippen molar-refractivity contribution in [2.45, 2.75) is 5.88 Å². The molecule has 1 amide bonds. The van der Waals surface area contributed by atoms with Crippen LogP contribution in [0.3, 0.4) is 0 Å². The molecule has 0 fully saturated rings. The minimum atomic E-state index is -0.0122. The highest BCUT2D eigenvalue weighted by molar-refractivity contribution is 6.17. The third-order valence-corrected chi connectivity index (χ3v) is 3.64. The topological polar surface area (TPSA) is 29.5 Å². The van der Waals surface area contributed by atoms with E-state index in [1.807, 2.05) is 48.5 Å². The maximum atomic E-state index is 12.6. The number of rotatable bonds is 2. The molecule has 0 atom stereocenters. The highest BCUT2D eigenvalue weighted by Gasteiger charge is 2.24. The second-order valence-corrected chi connectivity index (χ2v) is 4.87. The van der Waals surface area contributed by atoms with Gasteiger partial charge in [0.2, 0.25) is 0 Å². The second-order valence-electron chi connectivity index (χ2n) is 4.60. The van der Waals surface area contributed by atoms with Crippen LogP contribution in [0.4, 0.5) is 5.69 Å². The number of para-hydroxylation sites is 2. The van der Waals surface area contributed by atoms with Gasteiger partial charge in [-0.3, -0.25) is 4.79 Å². The quantitative estimate of drug-likeness (QED) is 0.792. The molecule has 4 heteroatoms. The number of amides is 1. The molecule has 1 aliphatic heterocycles. The van der Waals surface area contributed by atoms with E-state index in [4.69, 9.17) is 16.3 Å². The maximum Gasteiger partial charge on any atom is 0.258 e. The summed E-state index contributed by atoms with van der Waals surface area (Å²) in [6.07, 6.45) is 0. The summed E-state index contributed by atoms with van der Waals surface area (Å²) in [5.74, 6) is 1.20. The van der Waals surface area contributed by atoms with Crippen molar-refractivity contribution in [3.8, 4) is 5.75 Å². The Balaban J connectivity index is 1.91. The second kappa shape index (κ2) is 5.55. The first kappa shape index (κ1) is 13.0. The summed E-state index contributed by atoms with van der Waals surface area (Å²) in [7, 11) is 0. The van der Waals surface area contributed by atoms with E-state index in [0.29, 0.717) is 24.6 Å². The molecular formula is C16H14ClNO2. The molecule has 20 heavy (non-hydrogen) atoms. The minimum Gasteiger partial charge on any atom is -0.490 e. The number of carbonyl (C=O) groups is 1. The van der Waals surface area contributed by atoms with E-state index in [2.05, 4.69) is 0 Å². The third-order valence-electron chi connectivity index (χ3n) is 3.33. The van der Waals surface area contributed by atoms with Crippen molar-refractivity contribution in [3.63, 3.8) is 0 Å². The Kier molecular flexibility index (Phi) is 3.61. The molecule has 3 nitrogen and oxygen atoms in total. The number of carbonyl (C=O) groups excluding carboxylic acids is 1. The summed E-state index contributed by atoms with van der Waals surface area (Å²) in [5, 5.41) is 0. The number of hydrogen-bond donors (Lipinski definition) is 0. The van der Waals surface area contributed by atoms with Gasteiger partial charge in [-0.05, 0) is 29.8 Å². The molecule has 2 aromatic rings. The Morgan fingerprint density at radius 2 is 1.90 bits per heavy atom. The van der Waals surface area contributed by atoms with Crippen LogP contribution in [0.15, 0.2) is 48.5 Å². The summed E-state index contributed by atoms with van der Waals surface area (Å²) in [6, 6.07) is 15.0. The zero-order valence-electron chi connectivity index (χ0n) is 10.9. The van der Waals surface area contributed by atoms with Gasteiger partial charge in [0.25, 0.3) is 5.91 Å². The summed E-state index contributed by atoms with van der Waals surface area (Å²) >= 11 is 5.76. The van der Waals surface area contributed by atoms with Crippen LogP contribution in [0, 0.1) is 0 Å². The van der Waals surface area contributed by atoms with E-state index in [1.54, 1.807) is 4.90 Å². The van der Waals surface area contributed by atoms with Gasteiger partial charge in [-0.1, -0.05) is 24.3 Å². The number of hydrogen-bond acceptors (Lipinski definition) is 2. The van der Waals surface area contributed by atoms with E-state index in [1.165, 1.54) is 0 Å². The van der Waals surface area contributed by atoms with Crippen molar-refractivity contribution in [2.75, 3.05) is 18.1 Å². The fourth-order valence-corrected chi connectivity index (χ4v) is 2.45. The van der Waals surface area contributed by atoms with Crippen molar-refractivity contribution in [1.82, 2.24) is 0 Å². The number of halogens is 1. The predicted octanol–water partition coefficient (Wildman–Crippen LogP) is 3.46. The highest BCUT2D eigenvalue weighted by atomic mass is 35.5. The molecule has 0 saturated heterocycles. The Hall–Kier alpha value is -2.00. The lowest BCUT2D eigenvalue weighted by atomic mass is 10.1. The molecule has 0 radical (unpaired) electrons. The Bertz CT molecular complexity index is 625. The van der Waals surface area contributed by atoms with Crippen LogP contribution >= 0.6 is 11.6 Å². The monoisotopic (exact) mass is 287 g/mol. The van der Waals surface area contributed by atoms with Crippen LogP contribution in [0.5, 0.6) is 5.75 Å². The largest absolute Gasteiger partial charge is 0.490 e. The van der Waals surface area contributed by atoms with Crippen molar-refractivity contribution in [3.05, 3.63) is 59.7 Å². The van der Waals surface area contributed by atoms with Crippen LogP contribution in [-0.4, -0.2) is 19.1 Å². The van der Waals surface area contributed by atoms with E-state index in [-0.39, 0.29) is 5.91 Å². The van der Waals surface area contributed by atoms with Crippen LogP contribution in [0.25, 0.3) is 0 Å².